The van der Waals surface area contributed by atoms with Crippen molar-refractivity contribution in [1.82, 2.24) is 0 Å². The second kappa shape index (κ2) is 7.20. The summed E-state index contributed by atoms with van der Waals surface area (Å²) < 4.78 is 24.7. The Morgan fingerprint density at radius 1 is 1.14 bits per heavy atom. The summed E-state index contributed by atoms with van der Waals surface area (Å²) in [6.07, 6.45) is 0.835. The van der Waals surface area contributed by atoms with Crippen LogP contribution in [0.25, 0.3) is 0 Å². The predicted octanol–water partition coefficient (Wildman–Crippen LogP) is 3.83. The number of benzene rings is 2. The number of ether oxygens (including phenoxy) is 2. The summed E-state index contributed by atoms with van der Waals surface area (Å²) >= 11 is 0. The Bertz CT molecular complexity index is 582. The first kappa shape index (κ1) is 15.5. The van der Waals surface area contributed by atoms with E-state index in [0.29, 0.717) is 17.9 Å². The summed E-state index contributed by atoms with van der Waals surface area (Å²) in [5.74, 6) is 0.369. The average molecular weight is 289 g/mol. The number of para-hydroxylation sites is 1. The van der Waals surface area contributed by atoms with E-state index in [2.05, 4.69) is 0 Å². The first-order valence-electron chi connectivity index (χ1n) is 6.91. The Balaban J connectivity index is 2.18. The van der Waals surface area contributed by atoms with Gasteiger partial charge in [0.1, 0.15) is 5.75 Å². The third-order valence-electron chi connectivity index (χ3n) is 3.23. The lowest BCUT2D eigenvalue weighted by molar-refractivity contribution is 0.202. The minimum atomic E-state index is -0.409. The molecule has 0 saturated carbocycles. The molecule has 1 atom stereocenters. The Kier molecular flexibility index (Phi) is 5.31. The van der Waals surface area contributed by atoms with E-state index < -0.39 is 5.82 Å². The smallest absolute Gasteiger partial charge is 0.167 e. The van der Waals surface area contributed by atoms with Crippen LogP contribution in [0.4, 0.5) is 4.39 Å². The SMILES string of the molecule is COCCc1ccc(Oc2c(F)cccc2C(C)N)cc1. The van der Waals surface area contributed by atoms with Gasteiger partial charge in [-0.1, -0.05) is 24.3 Å². The second-order valence-electron chi connectivity index (χ2n) is 4.94. The van der Waals surface area contributed by atoms with E-state index in [1.54, 1.807) is 26.2 Å². The van der Waals surface area contributed by atoms with E-state index in [4.69, 9.17) is 15.2 Å². The van der Waals surface area contributed by atoms with Crippen molar-refractivity contribution < 1.29 is 13.9 Å². The highest BCUT2D eigenvalue weighted by atomic mass is 19.1. The van der Waals surface area contributed by atoms with Crippen LogP contribution in [0.2, 0.25) is 0 Å². The van der Waals surface area contributed by atoms with Crippen LogP contribution < -0.4 is 10.5 Å². The summed E-state index contributed by atoms with van der Waals surface area (Å²) in [5.41, 5.74) is 7.65. The molecular weight excluding hydrogens is 269 g/mol. The van der Waals surface area contributed by atoms with Crippen LogP contribution in [0, 0.1) is 5.82 Å². The van der Waals surface area contributed by atoms with Crippen LogP contribution in [-0.4, -0.2) is 13.7 Å². The normalized spacial score (nSPS) is 12.2. The molecule has 4 heteroatoms. The Labute approximate surface area is 124 Å². The summed E-state index contributed by atoms with van der Waals surface area (Å²) in [4.78, 5) is 0. The molecule has 0 bridgehead atoms. The van der Waals surface area contributed by atoms with Crippen molar-refractivity contribution in [3.63, 3.8) is 0 Å². The molecule has 0 aromatic heterocycles. The Morgan fingerprint density at radius 2 is 1.86 bits per heavy atom. The van der Waals surface area contributed by atoms with Crippen molar-refractivity contribution in [2.45, 2.75) is 19.4 Å². The molecule has 0 radical (unpaired) electrons. The molecule has 3 nitrogen and oxygen atoms in total. The molecule has 0 fully saturated rings. The fourth-order valence-corrected chi connectivity index (χ4v) is 2.05. The van der Waals surface area contributed by atoms with Gasteiger partial charge in [0, 0.05) is 18.7 Å². The average Bonchev–Trinajstić information content (AvgIpc) is 2.48. The highest BCUT2D eigenvalue weighted by molar-refractivity contribution is 5.41. The summed E-state index contributed by atoms with van der Waals surface area (Å²) in [6, 6.07) is 12.0. The van der Waals surface area contributed by atoms with Crippen molar-refractivity contribution in [2.24, 2.45) is 5.73 Å². The molecule has 2 rings (SSSR count). The number of hydrogen-bond donors (Lipinski definition) is 1. The van der Waals surface area contributed by atoms with Gasteiger partial charge < -0.3 is 15.2 Å². The zero-order valence-corrected chi connectivity index (χ0v) is 12.3. The van der Waals surface area contributed by atoms with Gasteiger partial charge in [0.25, 0.3) is 0 Å². The number of hydrogen-bond acceptors (Lipinski definition) is 3. The fourth-order valence-electron chi connectivity index (χ4n) is 2.05. The van der Waals surface area contributed by atoms with E-state index in [9.17, 15) is 4.39 Å². The number of halogens is 1. The molecule has 2 aromatic carbocycles. The summed E-state index contributed by atoms with van der Waals surface area (Å²) in [7, 11) is 1.67. The standard InChI is InChI=1S/C17H20FNO2/c1-12(19)15-4-3-5-16(18)17(15)21-14-8-6-13(7-9-14)10-11-20-2/h3-9,12H,10-11,19H2,1-2H3. The summed E-state index contributed by atoms with van der Waals surface area (Å²) in [6.45, 7) is 2.47. The minimum absolute atomic E-state index is 0.192. The van der Waals surface area contributed by atoms with Crippen molar-refractivity contribution in [1.29, 1.82) is 0 Å². The van der Waals surface area contributed by atoms with Gasteiger partial charge in [-0.15, -0.1) is 0 Å². The quantitative estimate of drug-likeness (QED) is 0.879. The van der Waals surface area contributed by atoms with E-state index in [0.717, 1.165) is 12.0 Å². The molecule has 1 unspecified atom stereocenters. The van der Waals surface area contributed by atoms with Crippen LogP contribution in [0.1, 0.15) is 24.1 Å². The minimum Gasteiger partial charge on any atom is -0.454 e. The largest absolute Gasteiger partial charge is 0.454 e. The monoisotopic (exact) mass is 289 g/mol. The van der Waals surface area contributed by atoms with E-state index in [1.165, 1.54) is 6.07 Å². The fraction of sp³-hybridized carbons (Fsp3) is 0.294. The highest BCUT2D eigenvalue weighted by Crippen LogP contribution is 2.31. The molecule has 0 amide bonds. The van der Waals surface area contributed by atoms with Gasteiger partial charge in [0.15, 0.2) is 11.6 Å². The van der Waals surface area contributed by atoms with Gasteiger partial charge in [-0.2, -0.15) is 0 Å². The zero-order chi connectivity index (χ0) is 15.2. The van der Waals surface area contributed by atoms with Gasteiger partial charge >= 0.3 is 0 Å². The van der Waals surface area contributed by atoms with Gasteiger partial charge in [-0.25, -0.2) is 4.39 Å². The van der Waals surface area contributed by atoms with Crippen LogP contribution in [0.15, 0.2) is 42.5 Å². The van der Waals surface area contributed by atoms with E-state index in [-0.39, 0.29) is 11.8 Å². The van der Waals surface area contributed by atoms with Gasteiger partial charge in [0.05, 0.1) is 6.61 Å². The third kappa shape index (κ3) is 4.03. The topological polar surface area (TPSA) is 44.5 Å². The van der Waals surface area contributed by atoms with Crippen molar-refractivity contribution in [3.05, 3.63) is 59.4 Å². The Morgan fingerprint density at radius 3 is 2.48 bits per heavy atom. The second-order valence-corrected chi connectivity index (χ2v) is 4.94. The maximum absolute atomic E-state index is 13.9. The third-order valence-corrected chi connectivity index (χ3v) is 3.23. The molecule has 0 saturated heterocycles. The first-order chi connectivity index (χ1) is 10.1. The van der Waals surface area contributed by atoms with E-state index in [1.807, 2.05) is 24.3 Å². The Hall–Kier alpha value is -1.91. The maximum atomic E-state index is 13.9. The number of nitrogens with two attached hydrogens (primary N) is 1. The van der Waals surface area contributed by atoms with Crippen LogP contribution >= 0.6 is 0 Å². The molecule has 21 heavy (non-hydrogen) atoms. The van der Waals surface area contributed by atoms with Crippen LogP contribution in [0.3, 0.4) is 0 Å². The first-order valence-corrected chi connectivity index (χ1v) is 6.91. The lowest BCUT2D eigenvalue weighted by Crippen LogP contribution is -2.07. The van der Waals surface area contributed by atoms with Gasteiger partial charge in [0.2, 0.25) is 0 Å². The highest BCUT2D eigenvalue weighted by Gasteiger charge is 2.13. The lowest BCUT2D eigenvalue weighted by atomic mass is 10.1. The van der Waals surface area contributed by atoms with Crippen molar-refractivity contribution in [3.8, 4) is 11.5 Å². The van der Waals surface area contributed by atoms with Crippen LogP contribution in [0.5, 0.6) is 11.5 Å². The molecule has 0 heterocycles. The van der Waals surface area contributed by atoms with Crippen molar-refractivity contribution in [2.75, 3.05) is 13.7 Å². The molecule has 0 aliphatic heterocycles. The zero-order valence-electron chi connectivity index (χ0n) is 12.3. The van der Waals surface area contributed by atoms with Gasteiger partial charge in [-0.05, 0) is 37.1 Å². The maximum Gasteiger partial charge on any atom is 0.167 e. The van der Waals surface area contributed by atoms with Gasteiger partial charge in [-0.3, -0.25) is 0 Å². The molecule has 0 aliphatic carbocycles. The molecular formula is C17H20FNO2. The molecule has 2 aromatic rings. The molecule has 112 valence electrons. The predicted molar refractivity (Wildman–Crippen MR) is 81.1 cm³/mol. The molecule has 2 N–H and O–H groups in total. The molecule has 0 spiro atoms. The van der Waals surface area contributed by atoms with E-state index >= 15 is 0 Å². The van der Waals surface area contributed by atoms with Crippen LogP contribution in [-0.2, 0) is 11.2 Å². The summed E-state index contributed by atoms with van der Waals surface area (Å²) in [5, 5.41) is 0. The van der Waals surface area contributed by atoms with Crippen molar-refractivity contribution >= 4 is 0 Å². The number of methoxy groups -OCH3 is 1. The lowest BCUT2D eigenvalue weighted by Gasteiger charge is -2.14. The number of rotatable bonds is 6. The molecule has 0 aliphatic rings.